The Morgan fingerprint density at radius 1 is 1.30 bits per heavy atom. The van der Waals surface area contributed by atoms with Gasteiger partial charge >= 0.3 is 5.97 Å². The third-order valence-electron chi connectivity index (χ3n) is 2.61. The van der Waals surface area contributed by atoms with Crippen molar-refractivity contribution >= 4 is 19.8 Å². The van der Waals surface area contributed by atoms with Gasteiger partial charge in [0.2, 0.25) is 8.00 Å². The first-order valence-electron chi connectivity index (χ1n) is 6.84. The summed E-state index contributed by atoms with van der Waals surface area (Å²) in [6, 6.07) is 9.60. The number of hydrogen-bond donors (Lipinski definition) is 0. The van der Waals surface area contributed by atoms with Crippen LogP contribution in [0.25, 0.3) is 0 Å². The standard InChI is InChI=1S/C15H21O4P/c1-2-19-20(17)12-8-4-7-11-15(16)18-13-14-9-5-3-6-10-14/h3,5-6,9-10,12H,2,4,7-8,11,13H2,1H3. The lowest BCUT2D eigenvalue weighted by atomic mass is 10.2. The maximum absolute atomic E-state index is 11.5. The molecule has 0 saturated carbocycles. The molecule has 0 spiro atoms. The molecule has 4 nitrogen and oxygen atoms in total. The fourth-order valence-electron chi connectivity index (χ4n) is 1.60. The van der Waals surface area contributed by atoms with Crippen molar-refractivity contribution in [3.05, 3.63) is 35.9 Å². The molecule has 0 fully saturated rings. The van der Waals surface area contributed by atoms with E-state index >= 15 is 0 Å². The normalized spacial score (nSPS) is 11.4. The van der Waals surface area contributed by atoms with E-state index in [1.807, 2.05) is 37.3 Å². The van der Waals surface area contributed by atoms with Crippen molar-refractivity contribution in [1.82, 2.24) is 0 Å². The third-order valence-corrected chi connectivity index (χ3v) is 3.68. The fourth-order valence-corrected chi connectivity index (χ4v) is 2.35. The van der Waals surface area contributed by atoms with Gasteiger partial charge in [0.1, 0.15) is 12.4 Å². The van der Waals surface area contributed by atoms with Gasteiger partial charge in [0.15, 0.2) is 0 Å². The number of hydrogen-bond acceptors (Lipinski definition) is 4. The van der Waals surface area contributed by atoms with Crippen LogP contribution in [0.5, 0.6) is 0 Å². The predicted octanol–water partition coefficient (Wildman–Crippen LogP) is 2.80. The van der Waals surface area contributed by atoms with Gasteiger partial charge in [0.05, 0.1) is 6.61 Å². The molecular weight excluding hydrogens is 275 g/mol. The highest BCUT2D eigenvalue weighted by molar-refractivity contribution is 7.44. The molecule has 0 bridgehead atoms. The van der Waals surface area contributed by atoms with E-state index in [0.717, 1.165) is 18.4 Å². The highest BCUT2D eigenvalue weighted by Gasteiger charge is 2.03. The molecule has 0 amide bonds. The van der Waals surface area contributed by atoms with Crippen LogP contribution in [-0.4, -0.2) is 18.4 Å². The highest BCUT2D eigenvalue weighted by atomic mass is 31.1. The van der Waals surface area contributed by atoms with E-state index in [-0.39, 0.29) is 5.97 Å². The summed E-state index contributed by atoms with van der Waals surface area (Å²) in [6.07, 6.45) is 2.64. The molecule has 110 valence electrons. The second-order valence-electron chi connectivity index (χ2n) is 4.28. The quantitative estimate of drug-likeness (QED) is 0.399. The molecule has 1 aromatic carbocycles. The van der Waals surface area contributed by atoms with Crippen molar-refractivity contribution in [3.63, 3.8) is 0 Å². The summed E-state index contributed by atoms with van der Waals surface area (Å²) < 4.78 is 10.1. The van der Waals surface area contributed by atoms with Gasteiger partial charge in [-0.3, -0.25) is 4.79 Å². The van der Waals surface area contributed by atoms with Gasteiger partial charge in [-0.2, -0.15) is 4.52 Å². The molecular formula is C15H21O4P. The number of rotatable bonds is 9. The van der Waals surface area contributed by atoms with Crippen LogP contribution in [0, 0.1) is 0 Å². The summed E-state index contributed by atoms with van der Waals surface area (Å²) in [5, 5.41) is 0. The van der Waals surface area contributed by atoms with E-state index < -0.39 is 8.00 Å². The molecule has 0 aromatic heterocycles. The monoisotopic (exact) mass is 296 g/mol. The van der Waals surface area contributed by atoms with E-state index in [0.29, 0.717) is 26.1 Å². The van der Waals surface area contributed by atoms with Gasteiger partial charge in [-0.05, 0) is 25.3 Å². The minimum atomic E-state index is -1.64. The van der Waals surface area contributed by atoms with Crippen LogP contribution in [0.1, 0.15) is 38.2 Å². The lowest BCUT2D eigenvalue weighted by Gasteiger charge is -2.04. The Balaban J connectivity index is 2.07. The molecule has 0 aliphatic rings. The Morgan fingerprint density at radius 3 is 2.75 bits per heavy atom. The topological polar surface area (TPSA) is 58.6 Å². The van der Waals surface area contributed by atoms with E-state index in [4.69, 9.17) is 9.26 Å². The zero-order chi connectivity index (χ0) is 14.6. The van der Waals surface area contributed by atoms with Crippen molar-refractivity contribution in [2.24, 2.45) is 0 Å². The number of ether oxygens (including phenoxy) is 1. The fraction of sp³-hybridized carbons (Fsp3) is 0.467. The molecule has 0 N–H and O–H groups in total. The Morgan fingerprint density at radius 2 is 2.05 bits per heavy atom. The molecule has 1 unspecified atom stereocenters. The van der Waals surface area contributed by atoms with E-state index in [2.05, 4.69) is 0 Å². The van der Waals surface area contributed by atoms with Gasteiger partial charge in [-0.1, -0.05) is 30.3 Å². The van der Waals surface area contributed by atoms with E-state index in [1.54, 1.807) is 5.80 Å². The van der Waals surface area contributed by atoms with Crippen LogP contribution in [-0.2, 0) is 20.7 Å². The third kappa shape index (κ3) is 8.05. The number of esters is 1. The van der Waals surface area contributed by atoms with Crippen molar-refractivity contribution in [3.8, 4) is 0 Å². The summed E-state index contributed by atoms with van der Waals surface area (Å²) in [7, 11) is -1.64. The lowest BCUT2D eigenvalue weighted by molar-refractivity contribution is -0.171. The molecule has 1 atom stereocenters. The van der Waals surface area contributed by atoms with Crippen LogP contribution >= 0.6 is 8.00 Å². The molecule has 20 heavy (non-hydrogen) atoms. The van der Waals surface area contributed by atoms with Gasteiger partial charge in [0.25, 0.3) is 0 Å². The Kier molecular flexibility index (Phi) is 8.88. The van der Waals surface area contributed by atoms with Crippen LogP contribution < -0.4 is 4.89 Å². The second-order valence-corrected chi connectivity index (χ2v) is 5.47. The zero-order valence-corrected chi connectivity index (χ0v) is 12.7. The average Bonchev–Trinajstić information content (AvgIpc) is 2.46. The summed E-state index contributed by atoms with van der Waals surface area (Å²) in [5.74, 6) is 1.47. The summed E-state index contributed by atoms with van der Waals surface area (Å²) in [5.41, 5.74) is 0.989. The molecule has 1 rings (SSSR count). The van der Waals surface area contributed by atoms with Crippen molar-refractivity contribution in [1.29, 1.82) is 0 Å². The van der Waals surface area contributed by atoms with Gasteiger partial charge < -0.3 is 9.63 Å². The first-order valence-corrected chi connectivity index (χ1v) is 8.09. The van der Waals surface area contributed by atoms with Crippen LogP contribution in [0.2, 0.25) is 0 Å². The summed E-state index contributed by atoms with van der Waals surface area (Å²) >= 11 is 0. The molecule has 0 saturated heterocycles. The molecule has 0 heterocycles. The maximum atomic E-state index is 11.5. The number of unbranched alkanes of at least 4 members (excludes halogenated alkanes) is 2. The van der Waals surface area contributed by atoms with Crippen molar-refractivity contribution in [2.75, 3.05) is 6.61 Å². The zero-order valence-electron chi connectivity index (χ0n) is 11.8. The number of benzene rings is 1. The summed E-state index contributed by atoms with van der Waals surface area (Å²) in [6.45, 7) is 2.59. The minimum Gasteiger partial charge on any atom is -0.603 e. The number of carbonyl (C=O) groups is 1. The number of carbonyl (C=O) groups excluding carboxylic acids is 1. The van der Waals surface area contributed by atoms with Crippen LogP contribution in [0.3, 0.4) is 0 Å². The molecule has 0 aliphatic heterocycles. The van der Waals surface area contributed by atoms with Crippen molar-refractivity contribution in [2.45, 2.75) is 39.2 Å². The van der Waals surface area contributed by atoms with E-state index in [9.17, 15) is 9.69 Å². The highest BCUT2D eigenvalue weighted by Crippen LogP contribution is 2.12. The smallest absolute Gasteiger partial charge is 0.306 e. The van der Waals surface area contributed by atoms with Crippen molar-refractivity contribution < 1.29 is 18.9 Å². The Bertz CT molecular complexity index is 417. The Labute approximate surface area is 121 Å². The molecule has 1 aromatic rings. The van der Waals surface area contributed by atoms with Crippen LogP contribution in [0.15, 0.2) is 30.3 Å². The first-order chi connectivity index (χ1) is 9.72. The van der Waals surface area contributed by atoms with Gasteiger partial charge in [-0.25, -0.2) is 0 Å². The Hall–Kier alpha value is -1.22. The largest absolute Gasteiger partial charge is 0.603 e. The summed E-state index contributed by atoms with van der Waals surface area (Å²) in [4.78, 5) is 22.7. The van der Waals surface area contributed by atoms with Crippen LogP contribution in [0.4, 0.5) is 0 Å². The molecule has 0 radical (unpaired) electrons. The first kappa shape index (κ1) is 16.8. The van der Waals surface area contributed by atoms with Gasteiger partial charge in [-0.15, -0.1) is 0 Å². The van der Waals surface area contributed by atoms with E-state index in [1.165, 1.54) is 0 Å². The molecule has 0 aliphatic carbocycles. The minimum absolute atomic E-state index is 0.192. The average molecular weight is 296 g/mol. The lowest BCUT2D eigenvalue weighted by Crippen LogP contribution is -2.04. The SMILES string of the molecule is CCO[P+]([O-])=CCCCCC(=O)OCc1ccccc1. The second kappa shape index (κ2) is 10.6. The predicted molar refractivity (Wildman–Crippen MR) is 79.3 cm³/mol. The molecule has 5 heteroatoms. The van der Waals surface area contributed by atoms with Gasteiger partial charge in [0, 0.05) is 12.8 Å². The maximum Gasteiger partial charge on any atom is 0.306 e.